The summed E-state index contributed by atoms with van der Waals surface area (Å²) in [5, 5.41) is 13.0. The fraction of sp³-hybridized carbons (Fsp3) is 0.208. The Kier molecular flexibility index (Phi) is 6.13. The number of ether oxygens (including phenoxy) is 1. The van der Waals surface area contributed by atoms with E-state index in [0.29, 0.717) is 17.9 Å². The minimum absolute atomic E-state index is 0.0870. The maximum absolute atomic E-state index is 13.0. The molecule has 1 unspecified atom stereocenters. The Labute approximate surface area is 184 Å². The van der Waals surface area contributed by atoms with Crippen LogP contribution in [0.25, 0.3) is 5.76 Å². The van der Waals surface area contributed by atoms with Crippen LogP contribution in [0.2, 0.25) is 0 Å². The third kappa shape index (κ3) is 4.22. The number of rotatable bonds is 7. The Morgan fingerprint density at radius 2 is 2.06 bits per heavy atom. The van der Waals surface area contributed by atoms with Crippen LogP contribution < -0.4 is 4.74 Å². The summed E-state index contributed by atoms with van der Waals surface area (Å²) in [7, 11) is 0. The summed E-state index contributed by atoms with van der Waals surface area (Å²) in [5.41, 5.74) is 1.33. The first kappa shape index (κ1) is 20.8. The highest BCUT2D eigenvalue weighted by Gasteiger charge is 2.46. The monoisotopic (exact) mass is 434 g/mol. The number of aliphatic hydroxyl groups excluding tert-OH is 1. The topological polar surface area (TPSA) is 79.7 Å². The van der Waals surface area contributed by atoms with E-state index in [1.54, 1.807) is 42.7 Å². The number of Topliss-reactive ketones (excluding diaryl/α,β-unsaturated/α-hetero) is 1. The van der Waals surface area contributed by atoms with Crippen molar-refractivity contribution in [2.24, 2.45) is 0 Å². The van der Waals surface area contributed by atoms with Gasteiger partial charge in [0.05, 0.1) is 18.2 Å². The normalized spacial score (nSPS) is 17.8. The second-order valence-electron chi connectivity index (χ2n) is 7.18. The van der Waals surface area contributed by atoms with Gasteiger partial charge in [-0.3, -0.25) is 14.6 Å². The Hall–Kier alpha value is -3.45. The molecular weight excluding hydrogens is 412 g/mol. The fourth-order valence-electron chi connectivity index (χ4n) is 3.58. The van der Waals surface area contributed by atoms with Gasteiger partial charge in [0, 0.05) is 29.4 Å². The number of thiophene rings is 1. The molecule has 1 atom stereocenters. The third-order valence-corrected chi connectivity index (χ3v) is 5.93. The number of carbonyl (C=O) groups is 2. The number of hydrogen-bond donors (Lipinski definition) is 1. The Bertz CT molecular complexity index is 1110. The first-order chi connectivity index (χ1) is 15.1. The van der Waals surface area contributed by atoms with E-state index in [1.807, 2.05) is 30.5 Å². The average Bonchev–Trinajstić information content (AvgIpc) is 3.41. The number of nitrogens with zero attached hydrogens (tertiary/aromatic N) is 2. The molecule has 3 heterocycles. The summed E-state index contributed by atoms with van der Waals surface area (Å²) >= 11 is 1.44. The van der Waals surface area contributed by atoms with Crippen LogP contribution in [-0.2, 0) is 16.1 Å². The lowest BCUT2D eigenvalue weighted by atomic mass is 9.99. The summed E-state index contributed by atoms with van der Waals surface area (Å²) < 4.78 is 5.65. The van der Waals surface area contributed by atoms with Gasteiger partial charge in [-0.15, -0.1) is 11.3 Å². The Balaban J connectivity index is 1.78. The van der Waals surface area contributed by atoms with Gasteiger partial charge in [0.2, 0.25) is 0 Å². The van der Waals surface area contributed by atoms with Gasteiger partial charge in [-0.2, -0.15) is 0 Å². The maximum Gasteiger partial charge on any atom is 0.295 e. The molecule has 7 heteroatoms. The van der Waals surface area contributed by atoms with Gasteiger partial charge in [0.1, 0.15) is 11.5 Å². The van der Waals surface area contributed by atoms with Crippen LogP contribution in [0.1, 0.15) is 35.4 Å². The maximum atomic E-state index is 13.0. The molecule has 158 valence electrons. The minimum atomic E-state index is -0.695. The van der Waals surface area contributed by atoms with Crippen LogP contribution in [0.5, 0.6) is 5.75 Å². The van der Waals surface area contributed by atoms with Crippen LogP contribution in [0.15, 0.2) is 71.9 Å². The van der Waals surface area contributed by atoms with Crippen molar-refractivity contribution in [2.45, 2.75) is 25.9 Å². The highest BCUT2D eigenvalue weighted by molar-refractivity contribution is 7.10. The highest BCUT2D eigenvalue weighted by Crippen LogP contribution is 2.42. The Morgan fingerprint density at radius 1 is 1.19 bits per heavy atom. The molecule has 6 nitrogen and oxygen atoms in total. The molecule has 3 aromatic rings. The highest BCUT2D eigenvalue weighted by atomic mass is 32.1. The summed E-state index contributed by atoms with van der Waals surface area (Å²) in [6.45, 7) is 2.78. The molecule has 2 aromatic heterocycles. The van der Waals surface area contributed by atoms with Crippen molar-refractivity contribution in [3.63, 3.8) is 0 Å². The number of ketones is 1. The van der Waals surface area contributed by atoms with Crippen LogP contribution >= 0.6 is 11.3 Å². The van der Waals surface area contributed by atoms with Crippen molar-refractivity contribution in [3.05, 3.63) is 87.9 Å². The minimum Gasteiger partial charge on any atom is -0.507 e. The van der Waals surface area contributed by atoms with Crippen LogP contribution in [0.4, 0.5) is 0 Å². The van der Waals surface area contributed by atoms with E-state index < -0.39 is 17.7 Å². The molecular formula is C24H22N2O4S. The zero-order valence-electron chi connectivity index (χ0n) is 17.0. The number of carbonyl (C=O) groups excluding carboxylic acids is 2. The van der Waals surface area contributed by atoms with Crippen molar-refractivity contribution in [1.29, 1.82) is 0 Å². The van der Waals surface area contributed by atoms with Gasteiger partial charge in [0.25, 0.3) is 11.7 Å². The number of hydrogen-bond acceptors (Lipinski definition) is 6. The summed E-state index contributed by atoms with van der Waals surface area (Å²) in [4.78, 5) is 32.4. The molecule has 1 fully saturated rings. The number of benzene rings is 1. The fourth-order valence-corrected chi connectivity index (χ4v) is 4.43. The molecule has 0 saturated carbocycles. The molecule has 0 bridgehead atoms. The van der Waals surface area contributed by atoms with Crippen molar-refractivity contribution in [1.82, 2.24) is 9.88 Å². The Morgan fingerprint density at radius 3 is 2.77 bits per heavy atom. The van der Waals surface area contributed by atoms with E-state index in [2.05, 4.69) is 4.98 Å². The van der Waals surface area contributed by atoms with E-state index in [4.69, 9.17) is 4.74 Å². The van der Waals surface area contributed by atoms with Crippen LogP contribution in [0.3, 0.4) is 0 Å². The van der Waals surface area contributed by atoms with Gasteiger partial charge in [-0.05, 0) is 41.6 Å². The number of aromatic nitrogens is 1. The molecule has 1 aliphatic heterocycles. The number of likely N-dealkylation sites (tertiary alicyclic amines) is 1. The molecule has 1 saturated heterocycles. The second-order valence-corrected chi connectivity index (χ2v) is 8.16. The van der Waals surface area contributed by atoms with Crippen molar-refractivity contribution >= 4 is 28.8 Å². The van der Waals surface area contributed by atoms with Gasteiger partial charge < -0.3 is 14.7 Å². The van der Waals surface area contributed by atoms with Crippen LogP contribution in [-0.4, -0.2) is 33.3 Å². The molecule has 0 radical (unpaired) electrons. The number of pyridine rings is 1. The van der Waals surface area contributed by atoms with Gasteiger partial charge in [-0.1, -0.05) is 31.2 Å². The summed E-state index contributed by atoms with van der Waals surface area (Å²) in [6.07, 6.45) is 4.18. The molecule has 1 amide bonds. The predicted octanol–water partition coefficient (Wildman–Crippen LogP) is 4.55. The number of aliphatic hydroxyl groups is 1. The molecule has 1 aliphatic rings. The SMILES string of the molecule is CCCOc1cccc(/C(O)=C2\C(=O)C(=O)N(Cc3cccnc3)C2c2cccs2)c1. The van der Waals surface area contributed by atoms with E-state index in [1.165, 1.54) is 16.2 Å². The first-order valence-corrected chi connectivity index (χ1v) is 10.9. The zero-order chi connectivity index (χ0) is 21.8. The second kappa shape index (κ2) is 9.14. The smallest absolute Gasteiger partial charge is 0.295 e. The van der Waals surface area contributed by atoms with E-state index >= 15 is 0 Å². The quantitative estimate of drug-likeness (QED) is 0.335. The molecule has 31 heavy (non-hydrogen) atoms. The van der Waals surface area contributed by atoms with E-state index in [9.17, 15) is 14.7 Å². The number of amides is 1. The lowest BCUT2D eigenvalue weighted by Gasteiger charge is -2.24. The van der Waals surface area contributed by atoms with Crippen molar-refractivity contribution < 1.29 is 19.4 Å². The van der Waals surface area contributed by atoms with Gasteiger partial charge >= 0.3 is 0 Å². The standard InChI is InChI=1S/C24H22N2O4S/c1-2-11-30-18-8-3-7-17(13-18)22(27)20-21(19-9-5-12-31-19)26(24(29)23(20)28)15-16-6-4-10-25-14-16/h3-10,12-14,21,27H,2,11,15H2,1H3/b22-20+. The largest absolute Gasteiger partial charge is 0.507 e. The third-order valence-electron chi connectivity index (χ3n) is 5.01. The van der Waals surface area contributed by atoms with Crippen molar-refractivity contribution in [2.75, 3.05) is 6.61 Å². The van der Waals surface area contributed by atoms with E-state index in [-0.39, 0.29) is 17.9 Å². The lowest BCUT2D eigenvalue weighted by molar-refractivity contribution is -0.140. The van der Waals surface area contributed by atoms with E-state index in [0.717, 1.165) is 16.9 Å². The zero-order valence-corrected chi connectivity index (χ0v) is 17.8. The average molecular weight is 435 g/mol. The first-order valence-electron chi connectivity index (χ1n) is 10.0. The predicted molar refractivity (Wildman–Crippen MR) is 119 cm³/mol. The summed E-state index contributed by atoms with van der Waals surface area (Å²) in [6, 6.07) is 13.6. The molecule has 0 spiro atoms. The van der Waals surface area contributed by atoms with Gasteiger partial charge in [-0.25, -0.2) is 0 Å². The van der Waals surface area contributed by atoms with Gasteiger partial charge in [0.15, 0.2) is 0 Å². The van der Waals surface area contributed by atoms with Crippen molar-refractivity contribution in [3.8, 4) is 5.75 Å². The molecule has 4 rings (SSSR count). The molecule has 1 aromatic carbocycles. The molecule has 1 N–H and O–H groups in total. The summed E-state index contributed by atoms with van der Waals surface area (Å²) in [5.74, 6) is -0.933. The lowest BCUT2D eigenvalue weighted by Crippen LogP contribution is -2.28. The van der Waals surface area contributed by atoms with Crippen LogP contribution in [0, 0.1) is 0 Å². The molecule has 0 aliphatic carbocycles.